The fourth-order valence-electron chi connectivity index (χ4n) is 1.82. The number of amides is 2. The maximum atomic E-state index is 11.2. The van der Waals surface area contributed by atoms with Gasteiger partial charge in [0.05, 0.1) is 0 Å². The fourth-order valence-corrected chi connectivity index (χ4v) is 1.82. The molecule has 3 N–H and O–H groups in total. The number of urea groups is 1. The van der Waals surface area contributed by atoms with Crippen molar-refractivity contribution in [1.82, 2.24) is 20.9 Å². The first-order valence-electron chi connectivity index (χ1n) is 6.06. The molecule has 1 unspecified atom stereocenters. The zero-order valence-corrected chi connectivity index (χ0v) is 10.4. The van der Waals surface area contributed by atoms with Gasteiger partial charge in [0, 0.05) is 27.2 Å². The van der Waals surface area contributed by atoms with Crippen molar-refractivity contribution in [2.24, 2.45) is 5.92 Å². The van der Waals surface area contributed by atoms with Gasteiger partial charge in [0.1, 0.15) is 0 Å². The molecule has 94 valence electrons. The highest BCUT2D eigenvalue weighted by Gasteiger charge is 2.11. The van der Waals surface area contributed by atoms with Gasteiger partial charge in [-0.25, -0.2) is 4.79 Å². The molecule has 0 aromatic carbocycles. The van der Waals surface area contributed by atoms with Crippen LogP contribution in [-0.2, 0) is 0 Å². The summed E-state index contributed by atoms with van der Waals surface area (Å²) in [5.74, 6) is 0.748. The van der Waals surface area contributed by atoms with Crippen molar-refractivity contribution in [1.29, 1.82) is 0 Å². The van der Waals surface area contributed by atoms with Gasteiger partial charge < -0.3 is 20.9 Å². The van der Waals surface area contributed by atoms with E-state index in [1.807, 2.05) is 0 Å². The SMILES string of the molecule is CN(C)C(=O)NCCNCC1CCCNC1. The molecule has 0 saturated carbocycles. The van der Waals surface area contributed by atoms with Crippen LogP contribution in [0, 0.1) is 5.92 Å². The smallest absolute Gasteiger partial charge is 0.316 e. The molecule has 2 amide bonds. The maximum Gasteiger partial charge on any atom is 0.316 e. The first kappa shape index (κ1) is 13.3. The first-order chi connectivity index (χ1) is 7.70. The third kappa shape index (κ3) is 5.32. The first-order valence-corrected chi connectivity index (χ1v) is 6.06. The molecule has 1 saturated heterocycles. The van der Waals surface area contributed by atoms with Gasteiger partial charge in [-0.05, 0) is 38.4 Å². The van der Waals surface area contributed by atoms with Crippen molar-refractivity contribution in [2.75, 3.05) is 46.8 Å². The van der Waals surface area contributed by atoms with Crippen LogP contribution in [0.3, 0.4) is 0 Å². The lowest BCUT2D eigenvalue weighted by Gasteiger charge is -2.23. The fraction of sp³-hybridized carbons (Fsp3) is 0.909. The van der Waals surface area contributed by atoms with Gasteiger partial charge in [-0.1, -0.05) is 0 Å². The Morgan fingerprint density at radius 1 is 1.44 bits per heavy atom. The van der Waals surface area contributed by atoms with Crippen LogP contribution in [0.25, 0.3) is 0 Å². The summed E-state index contributed by atoms with van der Waals surface area (Å²) in [6, 6.07) is -0.0267. The Bertz CT molecular complexity index is 202. The van der Waals surface area contributed by atoms with E-state index in [4.69, 9.17) is 0 Å². The molecule has 0 aliphatic carbocycles. The average molecular weight is 228 g/mol. The van der Waals surface area contributed by atoms with Crippen molar-refractivity contribution in [3.63, 3.8) is 0 Å². The lowest BCUT2D eigenvalue weighted by Crippen LogP contribution is -2.41. The standard InChI is InChI=1S/C11H24N4O/c1-15(2)11(16)14-7-6-13-9-10-4-3-5-12-8-10/h10,12-13H,3-9H2,1-2H3,(H,14,16). The number of carbonyl (C=O) groups excluding carboxylic acids is 1. The zero-order chi connectivity index (χ0) is 11.8. The normalized spacial score (nSPS) is 20.5. The van der Waals surface area contributed by atoms with Gasteiger partial charge in [0.15, 0.2) is 0 Å². The second kappa shape index (κ2) is 7.46. The number of piperidine rings is 1. The van der Waals surface area contributed by atoms with Gasteiger partial charge in [-0.15, -0.1) is 0 Å². The quantitative estimate of drug-likeness (QED) is 0.574. The van der Waals surface area contributed by atoms with E-state index in [1.165, 1.54) is 12.8 Å². The molecule has 1 rings (SSSR count). The molecule has 0 radical (unpaired) electrons. The van der Waals surface area contributed by atoms with E-state index in [9.17, 15) is 4.79 Å². The van der Waals surface area contributed by atoms with Crippen LogP contribution in [0.4, 0.5) is 4.79 Å². The van der Waals surface area contributed by atoms with E-state index in [2.05, 4.69) is 16.0 Å². The minimum absolute atomic E-state index is 0.0267. The highest BCUT2D eigenvalue weighted by molar-refractivity contribution is 5.73. The van der Waals surface area contributed by atoms with E-state index in [0.717, 1.165) is 32.1 Å². The highest BCUT2D eigenvalue weighted by atomic mass is 16.2. The maximum absolute atomic E-state index is 11.2. The predicted molar refractivity (Wildman–Crippen MR) is 65.5 cm³/mol. The van der Waals surface area contributed by atoms with Gasteiger partial charge in [0.2, 0.25) is 0 Å². The van der Waals surface area contributed by atoms with Gasteiger partial charge in [-0.3, -0.25) is 0 Å². The number of carbonyl (C=O) groups is 1. The summed E-state index contributed by atoms with van der Waals surface area (Å²) in [6.45, 7) is 4.87. The molecule has 1 heterocycles. The van der Waals surface area contributed by atoms with Crippen LogP contribution in [0.1, 0.15) is 12.8 Å². The average Bonchev–Trinajstić information content (AvgIpc) is 2.29. The Morgan fingerprint density at radius 3 is 2.88 bits per heavy atom. The van der Waals surface area contributed by atoms with E-state index in [0.29, 0.717) is 6.54 Å². The Morgan fingerprint density at radius 2 is 2.25 bits per heavy atom. The molecule has 1 atom stereocenters. The second-order valence-corrected chi connectivity index (χ2v) is 4.54. The van der Waals surface area contributed by atoms with Crippen LogP contribution in [-0.4, -0.2) is 57.8 Å². The Balaban J connectivity index is 1.93. The van der Waals surface area contributed by atoms with Crippen molar-refractivity contribution in [2.45, 2.75) is 12.8 Å². The largest absolute Gasteiger partial charge is 0.337 e. The van der Waals surface area contributed by atoms with Crippen LogP contribution in [0.2, 0.25) is 0 Å². The molecule has 1 fully saturated rings. The van der Waals surface area contributed by atoms with Gasteiger partial charge in [-0.2, -0.15) is 0 Å². The lowest BCUT2D eigenvalue weighted by molar-refractivity contribution is 0.217. The molecule has 0 aromatic heterocycles. The van der Waals surface area contributed by atoms with Crippen molar-refractivity contribution >= 4 is 6.03 Å². The molecule has 0 bridgehead atoms. The van der Waals surface area contributed by atoms with Crippen molar-refractivity contribution < 1.29 is 4.79 Å². The monoisotopic (exact) mass is 228 g/mol. The summed E-state index contributed by atoms with van der Waals surface area (Å²) >= 11 is 0. The molecular weight excluding hydrogens is 204 g/mol. The summed E-state index contributed by atoms with van der Waals surface area (Å²) in [7, 11) is 3.49. The zero-order valence-electron chi connectivity index (χ0n) is 10.4. The van der Waals surface area contributed by atoms with Gasteiger partial charge >= 0.3 is 6.03 Å². The van der Waals surface area contributed by atoms with Crippen LogP contribution in [0.15, 0.2) is 0 Å². The Hall–Kier alpha value is -0.810. The predicted octanol–water partition coefficient (Wildman–Crippen LogP) is -0.153. The topological polar surface area (TPSA) is 56.4 Å². The molecule has 5 heteroatoms. The molecule has 5 nitrogen and oxygen atoms in total. The number of rotatable bonds is 5. The summed E-state index contributed by atoms with van der Waals surface area (Å²) in [5.41, 5.74) is 0. The number of nitrogens with zero attached hydrogens (tertiary/aromatic N) is 1. The Kier molecular flexibility index (Phi) is 6.18. The summed E-state index contributed by atoms with van der Waals surface area (Å²) in [6.07, 6.45) is 2.59. The van der Waals surface area contributed by atoms with E-state index < -0.39 is 0 Å². The minimum atomic E-state index is -0.0267. The summed E-state index contributed by atoms with van der Waals surface area (Å²) < 4.78 is 0. The van der Waals surface area contributed by atoms with E-state index in [1.54, 1.807) is 19.0 Å². The van der Waals surface area contributed by atoms with Crippen molar-refractivity contribution in [3.8, 4) is 0 Å². The number of nitrogens with one attached hydrogen (secondary N) is 3. The number of hydrogen-bond acceptors (Lipinski definition) is 3. The van der Waals surface area contributed by atoms with Crippen molar-refractivity contribution in [3.05, 3.63) is 0 Å². The third-order valence-electron chi connectivity index (χ3n) is 2.82. The minimum Gasteiger partial charge on any atom is -0.337 e. The van der Waals surface area contributed by atoms with Crippen LogP contribution in [0.5, 0.6) is 0 Å². The second-order valence-electron chi connectivity index (χ2n) is 4.54. The Labute approximate surface area is 98.0 Å². The molecular formula is C11H24N4O. The highest BCUT2D eigenvalue weighted by Crippen LogP contribution is 2.07. The van der Waals surface area contributed by atoms with E-state index >= 15 is 0 Å². The molecule has 1 aliphatic rings. The van der Waals surface area contributed by atoms with Crippen LogP contribution < -0.4 is 16.0 Å². The summed E-state index contributed by atoms with van der Waals surface area (Å²) in [4.78, 5) is 12.7. The third-order valence-corrected chi connectivity index (χ3v) is 2.82. The number of hydrogen-bond donors (Lipinski definition) is 3. The molecule has 1 aliphatic heterocycles. The summed E-state index contributed by atoms with van der Waals surface area (Å²) in [5, 5.41) is 9.60. The molecule has 0 spiro atoms. The molecule has 0 aromatic rings. The lowest BCUT2D eigenvalue weighted by atomic mass is 10.00. The molecule has 16 heavy (non-hydrogen) atoms. The van der Waals surface area contributed by atoms with Gasteiger partial charge in [0.25, 0.3) is 0 Å². The van der Waals surface area contributed by atoms with Crippen LogP contribution >= 0.6 is 0 Å². The van der Waals surface area contributed by atoms with E-state index in [-0.39, 0.29) is 6.03 Å².